The summed E-state index contributed by atoms with van der Waals surface area (Å²) in [6.45, 7) is -0.446. The zero-order valence-electron chi connectivity index (χ0n) is 6.47. The van der Waals surface area contributed by atoms with Gasteiger partial charge in [0.25, 0.3) is 6.10 Å². The van der Waals surface area contributed by atoms with Gasteiger partial charge >= 0.3 is 17.9 Å². The summed E-state index contributed by atoms with van der Waals surface area (Å²) < 4.78 is 4.30. The zero-order chi connectivity index (χ0) is 10.4. The Bertz CT molecular complexity index is 207. The first-order valence-electron chi connectivity index (χ1n) is 3.24. The van der Waals surface area contributed by atoms with Gasteiger partial charge in [0.2, 0.25) is 0 Å². The molecular formula is C6H8O7. The summed E-state index contributed by atoms with van der Waals surface area (Å²) in [5.74, 6) is -4.50. The van der Waals surface area contributed by atoms with Crippen LogP contribution in [0.3, 0.4) is 0 Å². The molecule has 74 valence electrons. The number of rotatable bonds is 6. The van der Waals surface area contributed by atoms with Crippen molar-refractivity contribution in [3.05, 3.63) is 0 Å². The zero-order valence-corrected chi connectivity index (χ0v) is 6.47. The molecule has 0 aromatic rings. The molecule has 0 bridgehead atoms. The average Bonchev–Trinajstić information content (AvgIpc) is 1.95. The number of aliphatic carboxylic acids is 3. The average molecular weight is 192 g/mol. The quantitative estimate of drug-likeness (QED) is 0.462. The van der Waals surface area contributed by atoms with Gasteiger partial charge in [0.15, 0.2) is 0 Å². The van der Waals surface area contributed by atoms with Crippen molar-refractivity contribution in [2.75, 3.05) is 6.61 Å². The molecule has 0 spiro atoms. The molecule has 7 nitrogen and oxygen atoms in total. The molecule has 0 aromatic heterocycles. The molecule has 0 rings (SSSR count). The van der Waals surface area contributed by atoms with Crippen LogP contribution in [-0.2, 0) is 19.1 Å². The van der Waals surface area contributed by atoms with E-state index in [2.05, 4.69) is 4.74 Å². The van der Waals surface area contributed by atoms with Gasteiger partial charge < -0.3 is 20.1 Å². The van der Waals surface area contributed by atoms with E-state index in [0.29, 0.717) is 0 Å². The minimum Gasteiger partial charge on any atom is -0.481 e. The molecule has 0 aromatic carbocycles. The van der Waals surface area contributed by atoms with E-state index in [0.717, 1.165) is 0 Å². The Morgan fingerprint density at radius 3 is 1.85 bits per heavy atom. The minimum atomic E-state index is -2.00. The molecule has 0 aliphatic rings. The van der Waals surface area contributed by atoms with E-state index < -0.39 is 37.0 Å². The monoisotopic (exact) mass is 192 g/mol. The highest BCUT2D eigenvalue weighted by Gasteiger charge is 2.26. The van der Waals surface area contributed by atoms with E-state index in [1.165, 1.54) is 0 Å². The highest BCUT2D eigenvalue weighted by atomic mass is 16.5. The third-order valence-electron chi connectivity index (χ3n) is 1.05. The van der Waals surface area contributed by atoms with Gasteiger partial charge in [-0.15, -0.1) is 0 Å². The molecule has 0 amide bonds. The van der Waals surface area contributed by atoms with Crippen LogP contribution >= 0.6 is 0 Å². The number of ether oxygens (including phenoxy) is 1. The molecule has 0 aliphatic carbocycles. The standard InChI is InChI=1S/C6H8O7/c7-3(8)1-2-13-4(5(9)10)6(11)12/h4H,1-2H2,(H,7,8)(H,9,10)(H,11,12). The van der Waals surface area contributed by atoms with Crippen molar-refractivity contribution in [2.45, 2.75) is 12.5 Å². The van der Waals surface area contributed by atoms with Gasteiger partial charge in [-0.05, 0) is 0 Å². The lowest BCUT2D eigenvalue weighted by molar-refractivity contribution is -0.167. The molecule has 0 aliphatic heterocycles. The number of hydrogen-bond acceptors (Lipinski definition) is 4. The lowest BCUT2D eigenvalue weighted by atomic mass is 10.3. The predicted octanol–water partition coefficient (Wildman–Crippen LogP) is -0.984. The molecule has 0 atom stereocenters. The second kappa shape index (κ2) is 5.09. The van der Waals surface area contributed by atoms with Crippen LogP contribution in [0.5, 0.6) is 0 Å². The number of carboxylic acid groups (broad SMARTS) is 3. The van der Waals surface area contributed by atoms with Gasteiger partial charge in [0.05, 0.1) is 13.0 Å². The Kier molecular flexibility index (Phi) is 4.45. The fraction of sp³-hybridized carbons (Fsp3) is 0.500. The van der Waals surface area contributed by atoms with Gasteiger partial charge in [-0.2, -0.15) is 0 Å². The van der Waals surface area contributed by atoms with Crippen molar-refractivity contribution in [1.82, 2.24) is 0 Å². The third kappa shape index (κ3) is 4.75. The highest BCUT2D eigenvalue weighted by molar-refractivity contribution is 5.96. The van der Waals surface area contributed by atoms with E-state index >= 15 is 0 Å². The summed E-state index contributed by atoms with van der Waals surface area (Å²) in [6, 6.07) is 0. The van der Waals surface area contributed by atoms with Gasteiger partial charge in [-0.1, -0.05) is 0 Å². The van der Waals surface area contributed by atoms with Crippen LogP contribution in [0.4, 0.5) is 0 Å². The molecule has 7 heteroatoms. The van der Waals surface area contributed by atoms with Crippen molar-refractivity contribution < 1.29 is 34.4 Å². The number of hydrogen-bond donors (Lipinski definition) is 3. The van der Waals surface area contributed by atoms with E-state index in [-0.39, 0.29) is 0 Å². The maximum atomic E-state index is 10.2. The van der Waals surface area contributed by atoms with Crippen molar-refractivity contribution in [1.29, 1.82) is 0 Å². The van der Waals surface area contributed by atoms with E-state index in [9.17, 15) is 14.4 Å². The largest absolute Gasteiger partial charge is 0.481 e. The Morgan fingerprint density at radius 2 is 1.54 bits per heavy atom. The fourth-order valence-electron chi connectivity index (χ4n) is 0.512. The van der Waals surface area contributed by atoms with Crippen molar-refractivity contribution in [3.8, 4) is 0 Å². The normalized spacial score (nSPS) is 9.92. The molecule has 3 N–H and O–H groups in total. The van der Waals surface area contributed by atoms with E-state index in [1.807, 2.05) is 0 Å². The Balaban J connectivity index is 3.91. The van der Waals surface area contributed by atoms with Gasteiger partial charge in [0.1, 0.15) is 0 Å². The van der Waals surface area contributed by atoms with Crippen LogP contribution in [0, 0.1) is 0 Å². The molecule has 0 radical (unpaired) electrons. The van der Waals surface area contributed by atoms with Crippen LogP contribution in [0.2, 0.25) is 0 Å². The number of carboxylic acids is 3. The van der Waals surface area contributed by atoms with Crippen LogP contribution in [0.1, 0.15) is 6.42 Å². The minimum absolute atomic E-state index is 0.433. The summed E-state index contributed by atoms with van der Waals surface area (Å²) in [6.07, 6.45) is -2.43. The van der Waals surface area contributed by atoms with E-state index in [4.69, 9.17) is 15.3 Å². The van der Waals surface area contributed by atoms with Crippen molar-refractivity contribution in [2.24, 2.45) is 0 Å². The summed E-state index contributed by atoms with van der Waals surface area (Å²) in [5, 5.41) is 24.6. The van der Waals surface area contributed by atoms with Crippen LogP contribution in [0.25, 0.3) is 0 Å². The topological polar surface area (TPSA) is 121 Å². The molecule has 0 fully saturated rings. The lowest BCUT2D eigenvalue weighted by Crippen LogP contribution is -2.33. The first-order valence-corrected chi connectivity index (χ1v) is 3.24. The van der Waals surface area contributed by atoms with Crippen LogP contribution in [-0.4, -0.2) is 45.9 Å². The Hall–Kier alpha value is -1.63. The molecular weight excluding hydrogens is 184 g/mol. The maximum absolute atomic E-state index is 10.2. The lowest BCUT2D eigenvalue weighted by Gasteiger charge is -2.06. The summed E-state index contributed by atoms with van der Waals surface area (Å²) in [7, 11) is 0. The molecule has 0 unspecified atom stereocenters. The fourth-order valence-corrected chi connectivity index (χ4v) is 0.512. The predicted molar refractivity (Wildman–Crippen MR) is 37.3 cm³/mol. The van der Waals surface area contributed by atoms with Crippen molar-refractivity contribution >= 4 is 17.9 Å². The van der Waals surface area contributed by atoms with Gasteiger partial charge in [-0.25, -0.2) is 9.59 Å². The van der Waals surface area contributed by atoms with Gasteiger partial charge in [-0.3, -0.25) is 4.79 Å². The van der Waals surface area contributed by atoms with E-state index in [1.54, 1.807) is 0 Å². The van der Waals surface area contributed by atoms with Crippen LogP contribution in [0.15, 0.2) is 0 Å². The Morgan fingerprint density at radius 1 is 1.08 bits per heavy atom. The van der Waals surface area contributed by atoms with Crippen LogP contribution < -0.4 is 0 Å². The second-order valence-corrected chi connectivity index (χ2v) is 2.07. The maximum Gasteiger partial charge on any atom is 0.344 e. The SMILES string of the molecule is O=C(O)CCOC(C(=O)O)C(=O)O. The first kappa shape index (κ1) is 11.4. The first-order chi connectivity index (χ1) is 5.95. The van der Waals surface area contributed by atoms with Gasteiger partial charge in [0, 0.05) is 0 Å². The molecule has 13 heavy (non-hydrogen) atoms. The summed E-state index contributed by atoms with van der Waals surface area (Å²) in [5.41, 5.74) is 0. The summed E-state index contributed by atoms with van der Waals surface area (Å²) >= 11 is 0. The third-order valence-corrected chi connectivity index (χ3v) is 1.05. The molecule has 0 saturated heterocycles. The molecule has 0 saturated carbocycles. The highest BCUT2D eigenvalue weighted by Crippen LogP contribution is 1.94. The smallest absolute Gasteiger partial charge is 0.344 e. The Labute approximate surface area is 72.5 Å². The molecule has 0 heterocycles. The van der Waals surface area contributed by atoms with Crippen molar-refractivity contribution in [3.63, 3.8) is 0 Å². The summed E-state index contributed by atoms with van der Waals surface area (Å²) in [4.78, 5) is 30.3. The number of carbonyl (C=O) groups is 3. The second-order valence-electron chi connectivity index (χ2n) is 2.07.